The van der Waals surface area contributed by atoms with Crippen molar-refractivity contribution in [2.24, 2.45) is 11.7 Å². The molecule has 0 aliphatic heterocycles. The van der Waals surface area contributed by atoms with Crippen molar-refractivity contribution >= 4 is 0 Å². The average molecular weight is 261 g/mol. The van der Waals surface area contributed by atoms with E-state index < -0.39 is 6.36 Å². The van der Waals surface area contributed by atoms with E-state index in [9.17, 15) is 13.2 Å². The number of alkyl halides is 3. The number of nitrogens with two attached hydrogens (primary N) is 1. The van der Waals surface area contributed by atoms with E-state index in [4.69, 9.17) is 5.73 Å². The molecular weight excluding hydrogens is 243 g/mol. The van der Waals surface area contributed by atoms with Crippen LogP contribution in [-0.2, 0) is 12.8 Å². The van der Waals surface area contributed by atoms with Gasteiger partial charge in [0, 0.05) is 0 Å². The Balaban J connectivity index is 2.94. The van der Waals surface area contributed by atoms with E-state index in [1.54, 1.807) is 0 Å². The Labute approximate surface area is 105 Å². The maximum Gasteiger partial charge on any atom is 0.573 e. The fourth-order valence-corrected chi connectivity index (χ4v) is 1.73. The van der Waals surface area contributed by atoms with Gasteiger partial charge in [0.05, 0.1) is 0 Å². The van der Waals surface area contributed by atoms with E-state index in [1.165, 1.54) is 12.1 Å². The maximum absolute atomic E-state index is 12.2. The number of aryl methyl sites for hydroxylation is 1. The topological polar surface area (TPSA) is 35.2 Å². The second kappa shape index (κ2) is 6.09. The van der Waals surface area contributed by atoms with E-state index in [0.717, 1.165) is 11.1 Å². The normalized spacial score (nSPS) is 13.4. The molecule has 1 rings (SSSR count). The van der Waals surface area contributed by atoms with Gasteiger partial charge in [-0.2, -0.15) is 0 Å². The van der Waals surface area contributed by atoms with Crippen molar-refractivity contribution in [3.8, 4) is 5.75 Å². The number of benzene rings is 1. The first-order chi connectivity index (χ1) is 8.34. The molecule has 1 aromatic rings. The van der Waals surface area contributed by atoms with Crippen LogP contribution in [0.3, 0.4) is 0 Å². The minimum absolute atomic E-state index is 0.152. The molecule has 1 aromatic carbocycles. The summed E-state index contributed by atoms with van der Waals surface area (Å²) in [5, 5.41) is 0. The summed E-state index contributed by atoms with van der Waals surface area (Å²) in [5.41, 5.74) is 7.17. The summed E-state index contributed by atoms with van der Waals surface area (Å²) in [6, 6.07) is 4.75. The molecule has 5 heteroatoms. The molecule has 1 unspecified atom stereocenters. The molecule has 0 bridgehead atoms. The molecule has 0 aliphatic carbocycles. The molecule has 18 heavy (non-hydrogen) atoms. The first kappa shape index (κ1) is 14.8. The lowest BCUT2D eigenvalue weighted by atomic mass is 9.98. The highest BCUT2D eigenvalue weighted by atomic mass is 19.4. The zero-order chi connectivity index (χ0) is 13.8. The quantitative estimate of drug-likeness (QED) is 0.882. The molecular formula is C13H18F3NO. The number of halogens is 3. The van der Waals surface area contributed by atoms with E-state index in [2.05, 4.69) is 4.74 Å². The second-order valence-electron chi connectivity index (χ2n) is 4.43. The lowest BCUT2D eigenvalue weighted by Gasteiger charge is -2.14. The Hall–Kier alpha value is -1.23. The summed E-state index contributed by atoms with van der Waals surface area (Å²) in [6.45, 7) is 4.36. The molecule has 0 radical (unpaired) electrons. The van der Waals surface area contributed by atoms with Crippen molar-refractivity contribution in [2.45, 2.75) is 33.1 Å². The molecule has 0 fully saturated rings. The van der Waals surface area contributed by atoms with Gasteiger partial charge in [-0.3, -0.25) is 0 Å². The largest absolute Gasteiger partial charge is 0.573 e. The molecule has 0 spiro atoms. The minimum Gasteiger partial charge on any atom is -0.406 e. The number of ether oxygens (including phenoxy) is 1. The molecule has 0 heterocycles. The minimum atomic E-state index is -4.65. The second-order valence-corrected chi connectivity index (χ2v) is 4.43. The van der Waals surface area contributed by atoms with Gasteiger partial charge in [-0.25, -0.2) is 0 Å². The van der Waals surface area contributed by atoms with E-state index in [1.807, 2.05) is 19.9 Å². The van der Waals surface area contributed by atoms with Crippen LogP contribution in [0.25, 0.3) is 0 Å². The van der Waals surface area contributed by atoms with Crippen molar-refractivity contribution < 1.29 is 17.9 Å². The van der Waals surface area contributed by atoms with Crippen molar-refractivity contribution in [3.05, 3.63) is 29.3 Å². The third kappa shape index (κ3) is 4.96. The maximum atomic E-state index is 12.2. The number of rotatable bonds is 5. The molecule has 0 aliphatic rings. The summed E-state index contributed by atoms with van der Waals surface area (Å²) in [5.74, 6) is 0.0805. The summed E-state index contributed by atoms with van der Waals surface area (Å²) < 4.78 is 40.6. The Bertz CT molecular complexity index is 390. The summed E-state index contributed by atoms with van der Waals surface area (Å²) in [6.07, 6.45) is -3.33. The van der Waals surface area contributed by atoms with E-state index in [-0.39, 0.29) is 11.7 Å². The van der Waals surface area contributed by atoms with Crippen LogP contribution in [-0.4, -0.2) is 12.9 Å². The summed E-state index contributed by atoms with van der Waals surface area (Å²) in [7, 11) is 0. The van der Waals surface area contributed by atoms with Gasteiger partial charge < -0.3 is 10.5 Å². The fourth-order valence-electron chi connectivity index (χ4n) is 1.73. The summed E-state index contributed by atoms with van der Waals surface area (Å²) >= 11 is 0. The van der Waals surface area contributed by atoms with E-state index in [0.29, 0.717) is 19.4 Å². The molecule has 0 saturated carbocycles. The number of hydrogen-bond donors (Lipinski definition) is 1. The molecule has 0 saturated heterocycles. The Morgan fingerprint density at radius 1 is 1.22 bits per heavy atom. The molecule has 102 valence electrons. The van der Waals surface area contributed by atoms with Crippen LogP contribution in [0.4, 0.5) is 13.2 Å². The SMILES string of the molecule is CCc1cc(CC(C)CN)cc(OC(F)(F)F)c1. The standard InChI is InChI=1S/C13H18F3NO/c1-3-10-5-11(4-9(2)8-17)7-12(6-10)18-13(14,15)16/h5-7,9H,3-4,8,17H2,1-2H3. The van der Waals surface area contributed by atoms with Gasteiger partial charge in [0.15, 0.2) is 0 Å². The Morgan fingerprint density at radius 2 is 1.83 bits per heavy atom. The first-order valence-corrected chi connectivity index (χ1v) is 5.92. The monoisotopic (exact) mass is 261 g/mol. The van der Waals surface area contributed by atoms with Crippen LogP contribution in [0.5, 0.6) is 5.75 Å². The summed E-state index contributed by atoms with van der Waals surface area (Å²) in [4.78, 5) is 0. The van der Waals surface area contributed by atoms with Crippen molar-refractivity contribution in [1.29, 1.82) is 0 Å². The predicted molar refractivity (Wildman–Crippen MR) is 64.4 cm³/mol. The highest BCUT2D eigenvalue weighted by molar-refractivity contribution is 5.35. The smallest absolute Gasteiger partial charge is 0.406 e. The van der Waals surface area contributed by atoms with Gasteiger partial charge >= 0.3 is 6.36 Å². The third-order valence-corrected chi connectivity index (χ3v) is 2.65. The van der Waals surface area contributed by atoms with Crippen LogP contribution in [0.1, 0.15) is 25.0 Å². The zero-order valence-electron chi connectivity index (χ0n) is 10.6. The van der Waals surface area contributed by atoms with Gasteiger partial charge in [0.2, 0.25) is 0 Å². The molecule has 2 N–H and O–H groups in total. The Kier molecular flexibility index (Phi) is 5.02. The van der Waals surface area contributed by atoms with Crippen molar-refractivity contribution in [2.75, 3.05) is 6.54 Å². The van der Waals surface area contributed by atoms with Gasteiger partial charge in [0.25, 0.3) is 0 Å². The first-order valence-electron chi connectivity index (χ1n) is 5.92. The molecule has 0 aromatic heterocycles. The van der Waals surface area contributed by atoms with Crippen LogP contribution in [0.15, 0.2) is 18.2 Å². The predicted octanol–water partition coefficient (Wildman–Crippen LogP) is 3.28. The van der Waals surface area contributed by atoms with E-state index >= 15 is 0 Å². The van der Waals surface area contributed by atoms with Gasteiger partial charge in [-0.1, -0.05) is 19.9 Å². The van der Waals surface area contributed by atoms with Crippen molar-refractivity contribution in [1.82, 2.24) is 0 Å². The average Bonchev–Trinajstić information content (AvgIpc) is 2.26. The molecule has 0 amide bonds. The Morgan fingerprint density at radius 3 is 2.33 bits per heavy atom. The lowest BCUT2D eigenvalue weighted by Crippen LogP contribution is -2.18. The highest BCUT2D eigenvalue weighted by Crippen LogP contribution is 2.26. The van der Waals surface area contributed by atoms with Crippen LogP contribution in [0, 0.1) is 5.92 Å². The molecule has 2 nitrogen and oxygen atoms in total. The van der Waals surface area contributed by atoms with Crippen LogP contribution < -0.4 is 10.5 Å². The third-order valence-electron chi connectivity index (χ3n) is 2.65. The number of hydrogen-bond acceptors (Lipinski definition) is 2. The molecule has 1 atom stereocenters. The van der Waals surface area contributed by atoms with Crippen molar-refractivity contribution in [3.63, 3.8) is 0 Å². The fraction of sp³-hybridized carbons (Fsp3) is 0.538. The van der Waals surface area contributed by atoms with Gasteiger partial charge in [-0.15, -0.1) is 13.2 Å². The highest BCUT2D eigenvalue weighted by Gasteiger charge is 2.31. The van der Waals surface area contributed by atoms with Gasteiger partial charge in [0.1, 0.15) is 5.75 Å². The van der Waals surface area contributed by atoms with Crippen LogP contribution in [0.2, 0.25) is 0 Å². The van der Waals surface area contributed by atoms with Gasteiger partial charge in [-0.05, 0) is 48.6 Å². The lowest BCUT2D eigenvalue weighted by molar-refractivity contribution is -0.274. The van der Waals surface area contributed by atoms with Crippen LogP contribution >= 0.6 is 0 Å². The zero-order valence-corrected chi connectivity index (χ0v) is 10.6.